The first kappa shape index (κ1) is 24.8. The van der Waals surface area contributed by atoms with Gasteiger partial charge in [0, 0.05) is 11.0 Å². The van der Waals surface area contributed by atoms with Gasteiger partial charge >= 0.3 is 6.16 Å². The SMILES string of the molecule is CC(C)(C)CC(C)(C)C1(C(C)(C)c2ccccc2)C=CC(OC(=O)O)=C(c2ccccc2)C1. The second-order valence-electron chi connectivity index (χ2n) is 11.7. The summed E-state index contributed by atoms with van der Waals surface area (Å²) in [6.45, 7) is 16.2. The maximum Gasteiger partial charge on any atom is 0.511 e. The summed E-state index contributed by atoms with van der Waals surface area (Å²) in [5, 5.41) is 9.42. The Labute approximate surface area is 199 Å². The van der Waals surface area contributed by atoms with E-state index in [1.165, 1.54) is 5.56 Å². The monoisotopic (exact) mass is 446 g/mol. The molecule has 0 radical (unpaired) electrons. The van der Waals surface area contributed by atoms with Crippen LogP contribution in [0.2, 0.25) is 0 Å². The van der Waals surface area contributed by atoms with E-state index >= 15 is 0 Å². The number of benzene rings is 2. The lowest BCUT2D eigenvalue weighted by molar-refractivity contribution is 0.0103. The largest absolute Gasteiger partial charge is 0.511 e. The van der Waals surface area contributed by atoms with Crippen molar-refractivity contribution in [3.63, 3.8) is 0 Å². The first-order valence-electron chi connectivity index (χ1n) is 11.7. The zero-order valence-electron chi connectivity index (χ0n) is 21.1. The van der Waals surface area contributed by atoms with E-state index in [0.29, 0.717) is 12.2 Å². The molecular formula is C30H38O3. The molecule has 0 saturated carbocycles. The molecule has 0 aromatic heterocycles. The van der Waals surface area contributed by atoms with Gasteiger partial charge in [0.1, 0.15) is 5.76 Å². The average Bonchev–Trinajstić information content (AvgIpc) is 2.73. The quantitative estimate of drug-likeness (QED) is 0.453. The number of ether oxygens (including phenoxy) is 1. The minimum atomic E-state index is -1.29. The van der Waals surface area contributed by atoms with Gasteiger partial charge in [0.05, 0.1) is 0 Å². The third-order valence-corrected chi connectivity index (χ3v) is 7.38. The van der Waals surface area contributed by atoms with Crippen molar-refractivity contribution in [2.24, 2.45) is 16.2 Å². The lowest BCUT2D eigenvalue weighted by Gasteiger charge is -2.58. The van der Waals surface area contributed by atoms with Crippen molar-refractivity contribution in [1.29, 1.82) is 0 Å². The Morgan fingerprint density at radius 1 is 0.909 bits per heavy atom. The maximum atomic E-state index is 11.5. The van der Waals surface area contributed by atoms with Crippen LogP contribution >= 0.6 is 0 Å². The molecule has 1 aliphatic rings. The number of hydrogen-bond donors (Lipinski definition) is 1. The number of hydrogen-bond acceptors (Lipinski definition) is 2. The highest BCUT2D eigenvalue weighted by Gasteiger charge is 2.56. The zero-order chi connectivity index (χ0) is 24.5. The van der Waals surface area contributed by atoms with Crippen LogP contribution in [-0.4, -0.2) is 11.3 Å². The Balaban J connectivity index is 2.26. The van der Waals surface area contributed by atoms with E-state index in [9.17, 15) is 9.90 Å². The lowest BCUT2D eigenvalue weighted by Crippen LogP contribution is -2.52. The first-order valence-corrected chi connectivity index (χ1v) is 11.7. The molecule has 0 heterocycles. The molecule has 0 aliphatic heterocycles. The molecule has 3 nitrogen and oxygen atoms in total. The molecule has 176 valence electrons. The Kier molecular flexibility index (Phi) is 6.66. The Morgan fingerprint density at radius 3 is 1.97 bits per heavy atom. The van der Waals surface area contributed by atoms with Gasteiger partial charge in [0.25, 0.3) is 0 Å². The molecule has 0 fully saturated rings. The van der Waals surface area contributed by atoms with Crippen LogP contribution in [0.3, 0.4) is 0 Å². The van der Waals surface area contributed by atoms with Crippen LogP contribution in [0.25, 0.3) is 5.57 Å². The summed E-state index contributed by atoms with van der Waals surface area (Å²) in [7, 11) is 0. The van der Waals surface area contributed by atoms with Gasteiger partial charge < -0.3 is 9.84 Å². The van der Waals surface area contributed by atoms with E-state index in [-0.39, 0.29) is 21.7 Å². The molecule has 33 heavy (non-hydrogen) atoms. The van der Waals surface area contributed by atoms with E-state index in [0.717, 1.165) is 17.6 Å². The van der Waals surface area contributed by atoms with E-state index in [2.05, 4.69) is 84.9 Å². The molecule has 1 atom stereocenters. The molecule has 0 spiro atoms. The molecule has 1 N–H and O–H groups in total. The minimum absolute atomic E-state index is 0.101. The van der Waals surface area contributed by atoms with Crippen LogP contribution in [0.4, 0.5) is 4.79 Å². The van der Waals surface area contributed by atoms with Gasteiger partial charge in [-0.05, 0) is 46.3 Å². The minimum Gasteiger partial charge on any atom is -0.449 e. The van der Waals surface area contributed by atoms with E-state index < -0.39 is 6.16 Å². The predicted molar refractivity (Wildman–Crippen MR) is 136 cm³/mol. The molecule has 2 aromatic rings. The van der Waals surface area contributed by atoms with Crippen molar-refractivity contribution in [2.45, 2.75) is 66.7 Å². The van der Waals surface area contributed by atoms with Gasteiger partial charge in [-0.25, -0.2) is 4.79 Å². The highest BCUT2D eigenvalue weighted by molar-refractivity contribution is 5.75. The van der Waals surface area contributed by atoms with E-state index in [1.54, 1.807) is 0 Å². The third-order valence-electron chi connectivity index (χ3n) is 7.38. The number of rotatable bonds is 6. The smallest absolute Gasteiger partial charge is 0.449 e. The van der Waals surface area contributed by atoms with Crippen LogP contribution < -0.4 is 0 Å². The summed E-state index contributed by atoms with van der Waals surface area (Å²) < 4.78 is 5.29. The first-order chi connectivity index (χ1) is 15.3. The summed E-state index contributed by atoms with van der Waals surface area (Å²) >= 11 is 0. The van der Waals surface area contributed by atoms with Gasteiger partial charge in [-0.2, -0.15) is 0 Å². The fourth-order valence-electron chi connectivity index (χ4n) is 6.15. The standard InChI is InChI=1S/C30H38O3/c1-27(2,3)21-28(4,5)30(29(6,7)23-16-12-9-13-17-23)19-18-25(33-26(31)32)24(20-30)22-14-10-8-11-15-22/h8-19H,20-21H2,1-7H3,(H,31,32). The number of carboxylic acid groups (broad SMARTS) is 1. The predicted octanol–water partition coefficient (Wildman–Crippen LogP) is 8.48. The average molecular weight is 447 g/mol. The maximum absolute atomic E-state index is 11.5. The molecule has 2 aromatic carbocycles. The summed E-state index contributed by atoms with van der Waals surface area (Å²) in [6, 6.07) is 20.7. The van der Waals surface area contributed by atoms with Gasteiger partial charge in [-0.3, -0.25) is 0 Å². The summed E-state index contributed by atoms with van der Waals surface area (Å²) in [4.78, 5) is 11.5. The fourth-order valence-corrected chi connectivity index (χ4v) is 6.15. The highest BCUT2D eigenvalue weighted by atomic mass is 16.7. The normalized spacial score (nSPS) is 19.5. The van der Waals surface area contributed by atoms with Crippen molar-refractivity contribution < 1.29 is 14.6 Å². The number of allylic oxidation sites excluding steroid dienone is 3. The van der Waals surface area contributed by atoms with Crippen molar-refractivity contribution in [3.8, 4) is 0 Å². The lowest BCUT2D eigenvalue weighted by atomic mass is 9.46. The molecule has 3 rings (SSSR count). The fraction of sp³-hybridized carbons (Fsp3) is 0.433. The van der Waals surface area contributed by atoms with Crippen LogP contribution in [0.15, 0.2) is 78.6 Å². The highest BCUT2D eigenvalue weighted by Crippen LogP contribution is 2.63. The molecule has 1 aliphatic carbocycles. The van der Waals surface area contributed by atoms with Gasteiger partial charge in [0.15, 0.2) is 0 Å². The Hall–Kier alpha value is -2.81. The molecule has 0 amide bonds. The van der Waals surface area contributed by atoms with Crippen LogP contribution in [-0.2, 0) is 10.2 Å². The molecule has 0 bridgehead atoms. The molecule has 3 heteroatoms. The van der Waals surface area contributed by atoms with Crippen molar-refractivity contribution in [2.75, 3.05) is 0 Å². The van der Waals surface area contributed by atoms with Crippen LogP contribution in [0.5, 0.6) is 0 Å². The zero-order valence-corrected chi connectivity index (χ0v) is 21.1. The molecular weight excluding hydrogens is 408 g/mol. The van der Waals surface area contributed by atoms with Crippen molar-refractivity contribution in [3.05, 3.63) is 89.7 Å². The Morgan fingerprint density at radius 2 is 1.45 bits per heavy atom. The van der Waals surface area contributed by atoms with Gasteiger partial charge in [0.2, 0.25) is 0 Å². The molecule has 0 saturated heterocycles. The summed E-state index contributed by atoms with van der Waals surface area (Å²) in [6.07, 6.45) is 4.54. The van der Waals surface area contributed by atoms with Crippen molar-refractivity contribution in [1.82, 2.24) is 0 Å². The number of carbonyl (C=O) groups is 1. The van der Waals surface area contributed by atoms with Crippen LogP contribution in [0.1, 0.15) is 72.4 Å². The van der Waals surface area contributed by atoms with Crippen molar-refractivity contribution >= 4 is 11.7 Å². The van der Waals surface area contributed by atoms with E-state index in [4.69, 9.17) is 4.74 Å². The Bertz CT molecular complexity index is 1040. The van der Waals surface area contributed by atoms with Gasteiger partial charge in [-0.15, -0.1) is 0 Å². The molecule has 1 unspecified atom stereocenters. The topological polar surface area (TPSA) is 46.5 Å². The second kappa shape index (κ2) is 8.85. The van der Waals surface area contributed by atoms with Gasteiger partial charge in [-0.1, -0.05) is 115 Å². The summed E-state index contributed by atoms with van der Waals surface area (Å²) in [5.41, 5.74) is 2.72. The summed E-state index contributed by atoms with van der Waals surface area (Å²) in [5.74, 6) is 0.416. The van der Waals surface area contributed by atoms with E-state index in [1.807, 2.05) is 36.4 Å². The third kappa shape index (κ3) is 4.93. The second-order valence-corrected chi connectivity index (χ2v) is 11.7. The van der Waals surface area contributed by atoms with Crippen LogP contribution in [0, 0.1) is 16.2 Å².